The fourth-order valence-electron chi connectivity index (χ4n) is 0.812. The molecule has 0 bridgehead atoms. The molecule has 0 unspecified atom stereocenters. The van der Waals surface area contributed by atoms with Crippen molar-refractivity contribution in [1.29, 1.82) is 0 Å². The van der Waals surface area contributed by atoms with Crippen molar-refractivity contribution in [1.82, 2.24) is 0 Å². The summed E-state index contributed by atoms with van der Waals surface area (Å²) < 4.78 is 0.863. The molecule has 0 aliphatic rings. The molecule has 0 heterocycles. The van der Waals surface area contributed by atoms with Crippen LogP contribution < -0.4 is 0 Å². The molecule has 0 aliphatic carbocycles. The topological polar surface area (TPSA) is 17.1 Å². The lowest BCUT2D eigenvalue weighted by Crippen LogP contribution is -2.37. The van der Waals surface area contributed by atoms with Gasteiger partial charge in [0.2, 0.25) is 0 Å². The minimum absolute atomic E-state index is 0.171. The zero-order valence-corrected chi connectivity index (χ0v) is 9.27. The van der Waals surface area contributed by atoms with Crippen molar-refractivity contribution in [2.75, 3.05) is 27.7 Å². The Bertz CT molecular complexity index is 160. The first-order valence-electron chi connectivity index (χ1n) is 4.47. The molecule has 0 fully saturated rings. The van der Waals surface area contributed by atoms with E-state index in [1.54, 1.807) is 0 Å². The van der Waals surface area contributed by atoms with E-state index in [4.69, 9.17) is 0 Å². The van der Waals surface area contributed by atoms with Gasteiger partial charge in [0.25, 0.3) is 0 Å². The van der Waals surface area contributed by atoms with Crippen LogP contribution in [0.3, 0.4) is 0 Å². The number of ketones is 1. The summed E-state index contributed by atoms with van der Waals surface area (Å²) in [4.78, 5) is 11.5. The Hall–Kier alpha value is -0.370. The smallest absolute Gasteiger partial charge is 0.143 e. The van der Waals surface area contributed by atoms with Crippen molar-refractivity contribution in [2.24, 2.45) is 5.41 Å². The van der Waals surface area contributed by atoms with Crippen LogP contribution >= 0.6 is 0 Å². The highest BCUT2D eigenvalue weighted by atomic mass is 16.1. The van der Waals surface area contributed by atoms with Crippen LogP contribution in [0.5, 0.6) is 0 Å². The third kappa shape index (κ3) is 5.30. The second-order valence-electron chi connectivity index (χ2n) is 5.44. The molecule has 2 heteroatoms. The van der Waals surface area contributed by atoms with Crippen LogP contribution in [0, 0.1) is 5.41 Å². The number of Topliss-reactive ketones (excluding diaryl/α,β-unsaturated/α-hetero) is 1. The summed E-state index contributed by atoms with van der Waals surface area (Å²) in [5.74, 6) is 0.357. The van der Waals surface area contributed by atoms with Gasteiger partial charge in [0.05, 0.1) is 34.1 Å². The Kier molecular flexibility index (Phi) is 3.45. The Balaban J connectivity index is 3.90. The largest absolute Gasteiger partial charge is 0.331 e. The van der Waals surface area contributed by atoms with Crippen molar-refractivity contribution in [3.05, 3.63) is 0 Å². The predicted molar refractivity (Wildman–Crippen MR) is 52.0 cm³/mol. The summed E-state index contributed by atoms with van der Waals surface area (Å²) in [6.45, 7) is 6.86. The van der Waals surface area contributed by atoms with Crippen LogP contribution in [0.4, 0.5) is 0 Å². The molecule has 2 nitrogen and oxygen atoms in total. The zero-order chi connectivity index (χ0) is 9.99. The van der Waals surface area contributed by atoms with E-state index in [1.807, 2.05) is 20.8 Å². The van der Waals surface area contributed by atoms with Gasteiger partial charge in [0, 0.05) is 5.41 Å². The van der Waals surface area contributed by atoms with Gasteiger partial charge < -0.3 is 4.48 Å². The van der Waals surface area contributed by atoms with E-state index >= 15 is 0 Å². The first kappa shape index (κ1) is 11.6. The molecular formula is C10H22NO+. The Morgan fingerprint density at radius 1 is 1.17 bits per heavy atom. The van der Waals surface area contributed by atoms with Crippen LogP contribution in [0.25, 0.3) is 0 Å². The summed E-state index contributed by atoms with van der Waals surface area (Å²) in [5, 5.41) is 0. The SMILES string of the molecule is CC(C)(C)C(=O)CC[N+](C)(C)C. The average molecular weight is 172 g/mol. The Morgan fingerprint density at radius 2 is 1.58 bits per heavy atom. The summed E-state index contributed by atoms with van der Waals surface area (Å²) >= 11 is 0. The molecule has 0 N–H and O–H groups in total. The monoisotopic (exact) mass is 172 g/mol. The highest BCUT2D eigenvalue weighted by Crippen LogP contribution is 2.16. The maximum absolute atomic E-state index is 11.5. The number of hydrogen-bond acceptors (Lipinski definition) is 1. The van der Waals surface area contributed by atoms with E-state index in [-0.39, 0.29) is 5.41 Å². The van der Waals surface area contributed by atoms with Crippen LogP contribution in [-0.4, -0.2) is 38.0 Å². The van der Waals surface area contributed by atoms with Crippen molar-refractivity contribution in [2.45, 2.75) is 27.2 Å². The molecule has 0 saturated carbocycles. The summed E-state index contributed by atoms with van der Waals surface area (Å²) in [6, 6.07) is 0. The summed E-state index contributed by atoms with van der Waals surface area (Å²) in [6.07, 6.45) is 0.687. The third-order valence-electron chi connectivity index (χ3n) is 1.85. The second kappa shape index (κ2) is 3.56. The van der Waals surface area contributed by atoms with Gasteiger partial charge in [0.1, 0.15) is 5.78 Å². The third-order valence-corrected chi connectivity index (χ3v) is 1.85. The first-order valence-corrected chi connectivity index (χ1v) is 4.47. The lowest BCUT2D eigenvalue weighted by atomic mass is 9.89. The van der Waals surface area contributed by atoms with E-state index in [2.05, 4.69) is 21.1 Å². The van der Waals surface area contributed by atoms with Gasteiger partial charge >= 0.3 is 0 Å². The predicted octanol–water partition coefficient (Wildman–Crippen LogP) is 1.70. The Morgan fingerprint density at radius 3 is 1.83 bits per heavy atom. The molecule has 0 aromatic heterocycles. The van der Waals surface area contributed by atoms with Gasteiger partial charge in [-0.3, -0.25) is 4.79 Å². The lowest BCUT2D eigenvalue weighted by Gasteiger charge is -2.25. The standard InChI is InChI=1S/C10H22NO/c1-10(2,3)9(12)7-8-11(4,5)6/h7-8H2,1-6H3/q+1. The van der Waals surface area contributed by atoms with Crippen molar-refractivity contribution in [3.8, 4) is 0 Å². The van der Waals surface area contributed by atoms with Crippen LogP contribution in [0.1, 0.15) is 27.2 Å². The van der Waals surface area contributed by atoms with Gasteiger partial charge in [-0.05, 0) is 0 Å². The first-order chi connectivity index (χ1) is 5.13. The zero-order valence-electron chi connectivity index (χ0n) is 9.27. The van der Waals surface area contributed by atoms with E-state index in [9.17, 15) is 4.79 Å². The fraction of sp³-hybridized carbons (Fsp3) is 0.900. The van der Waals surface area contributed by atoms with Gasteiger partial charge in [-0.25, -0.2) is 0 Å². The fourth-order valence-corrected chi connectivity index (χ4v) is 0.812. The quantitative estimate of drug-likeness (QED) is 0.592. The summed E-state index contributed by atoms with van der Waals surface area (Å²) in [7, 11) is 6.32. The average Bonchev–Trinajstić information content (AvgIpc) is 1.78. The van der Waals surface area contributed by atoms with Gasteiger partial charge in [-0.2, -0.15) is 0 Å². The maximum Gasteiger partial charge on any atom is 0.143 e. The number of rotatable bonds is 3. The van der Waals surface area contributed by atoms with Crippen molar-refractivity contribution in [3.63, 3.8) is 0 Å². The van der Waals surface area contributed by atoms with Crippen LogP contribution in [0.2, 0.25) is 0 Å². The van der Waals surface area contributed by atoms with E-state index < -0.39 is 0 Å². The highest BCUT2D eigenvalue weighted by molar-refractivity contribution is 5.83. The van der Waals surface area contributed by atoms with Gasteiger partial charge in [-0.1, -0.05) is 20.8 Å². The molecule has 0 amide bonds. The molecule has 0 spiro atoms. The minimum atomic E-state index is -0.171. The molecule has 0 aromatic rings. The molecule has 72 valence electrons. The molecule has 12 heavy (non-hydrogen) atoms. The van der Waals surface area contributed by atoms with E-state index in [1.165, 1.54) is 0 Å². The van der Waals surface area contributed by atoms with Crippen LogP contribution in [0.15, 0.2) is 0 Å². The highest BCUT2D eigenvalue weighted by Gasteiger charge is 2.22. The minimum Gasteiger partial charge on any atom is -0.331 e. The normalized spacial score (nSPS) is 13.2. The summed E-state index contributed by atoms with van der Waals surface area (Å²) in [5.41, 5.74) is -0.171. The molecule has 0 radical (unpaired) electrons. The molecule has 0 aliphatic heterocycles. The van der Waals surface area contributed by atoms with Crippen molar-refractivity contribution < 1.29 is 9.28 Å². The Labute approximate surface area is 76.2 Å². The molecular weight excluding hydrogens is 150 g/mol. The van der Waals surface area contributed by atoms with Gasteiger partial charge in [0.15, 0.2) is 0 Å². The second-order valence-corrected chi connectivity index (χ2v) is 5.44. The van der Waals surface area contributed by atoms with Crippen molar-refractivity contribution >= 4 is 5.78 Å². The molecule has 0 rings (SSSR count). The van der Waals surface area contributed by atoms with E-state index in [0.29, 0.717) is 12.2 Å². The van der Waals surface area contributed by atoms with Crippen LogP contribution in [-0.2, 0) is 4.79 Å². The van der Waals surface area contributed by atoms with E-state index in [0.717, 1.165) is 11.0 Å². The number of carbonyl (C=O) groups excluding carboxylic acids is 1. The number of nitrogens with zero attached hydrogens (tertiary/aromatic N) is 1. The number of hydrogen-bond donors (Lipinski definition) is 0. The molecule has 0 aromatic carbocycles. The molecule has 0 saturated heterocycles. The number of quaternary nitrogens is 1. The number of carbonyl (C=O) groups is 1. The van der Waals surface area contributed by atoms with Gasteiger partial charge in [-0.15, -0.1) is 0 Å². The lowest BCUT2D eigenvalue weighted by molar-refractivity contribution is -0.869. The maximum atomic E-state index is 11.5. The molecule has 0 atom stereocenters.